The van der Waals surface area contributed by atoms with Crippen LogP contribution >= 0.6 is 0 Å². The molecule has 1 aromatic carbocycles. The van der Waals surface area contributed by atoms with E-state index < -0.39 is 22.9 Å². The van der Waals surface area contributed by atoms with Crippen LogP contribution in [0.4, 0.5) is 0 Å². The Hall–Kier alpha value is -1.88. The smallest absolute Gasteiger partial charge is 0.311 e. The van der Waals surface area contributed by atoms with Crippen molar-refractivity contribution in [2.24, 2.45) is 10.8 Å². The highest BCUT2D eigenvalue weighted by molar-refractivity contribution is 5.80. The van der Waals surface area contributed by atoms with Gasteiger partial charge in [-0.05, 0) is 53.0 Å². The van der Waals surface area contributed by atoms with Gasteiger partial charge in [0.1, 0.15) is 13.2 Å². The van der Waals surface area contributed by atoms with Gasteiger partial charge in [0.25, 0.3) is 0 Å². The molecule has 2 atom stereocenters. The average Bonchev–Trinajstić information content (AvgIpc) is 2.56. The highest BCUT2D eigenvalue weighted by Crippen LogP contribution is 2.38. The molecule has 178 valence electrons. The van der Waals surface area contributed by atoms with E-state index in [1.54, 1.807) is 27.7 Å². The minimum absolute atomic E-state index is 0. The Labute approximate surface area is 186 Å². The van der Waals surface area contributed by atoms with E-state index in [-0.39, 0.29) is 48.9 Å². The lowest BCUT2D eigenvalue weighted by atomic mass is 9.72. The first-order valence-corrected chi connectivity index (χ1v) is 9.08. The van der Waals surface area contributed by atoms with Crippen LogP contribution in [0.15, 0.2) is 24.3 Å². The number of hydrogen-bond acceptors (Lipinski definition) is 5. The van der Waals surface area contributed by atoms with Gasteiger partial charge in [0.05, 0.1) is 16.9 Å². The van der Waals surface area contributed by atoms with Crippen molar-refractivity contribution in [1.82, 2.24) is 0 Å². The third-order valence-corrected chi connectivity index (χ3v) is 4.57. The molecule has 0 saturated heterocycles. The Kier molecular flexibility index (Phi) is 17.8. The third-order valence-electron chi connectivity index (χ3n) is 4.57. The maximum absolute atomic E-state index is 12.6. The molecule has 0 fully saturated rings. The van der Waals surface area contributed by atoms with E-state index in [9.17, 15) is 14.7 Å². The molecule has 1 rings (SSSR count). The van der Waals surface area contributed by atoms with Crippen LogP contribution in [0.25, 0.3) is 0 Å². The minimum atomic E-state index is -0.835. The lowest BCUT2D eigenvalue weighted by Crippen LogP contribution is -2.39. The fraction of sp³-hybridized carbons (Fsp3) is 0.680. The number of carbonyl (C=O) groups is 2. The number of ether oxygens (including phenoxy) is 2. The van der Waals surface area contributed by atoms with Crippen LogP contribution in [0.5, 0.6) is 0 Å². The zero-order valence-electron chi connectivity index (χ0n) is 16.8. The summed E-state index contributed by atoms with van der Waals surface area (Å²) < 4.78 is 10.7. The van der Waals surface area contributed by atoms with Crippen LogP contribution in [0.1, 0.15) is 88.3 Å². The molecule has 0 heterocycles. The van der Waals surface area contributed by atoms with E-state index >= 15 is 0 Å². The summed E-state index contributed by atoms with van der Waals surface area (Å²) in [6.07, 6.45) is 0.120. The standard InChI is InChI=1S/C21H32O5.4CH4/c1-7-21(6,19(24)25-12-16(3)22)14-20(4,5)18(23)26-13-17-10-8-9-15(2)11-17;;;;/h8-11,16,22H,7,12-14H2,1-6H3;4*1H4. The monoisotopic (exact) mass is 428 g/mol. The Bertz CT molecular complexity index is 622. The van der Waals surface area contributed by atoms with Gasteiger partial charge < -0.3 is 14.6 Å². The van der Waals surface area contributed by atoms with Gasteiger partial charge in [-0.1, -0.05) is 66.5 Å². The molecule has 0 radical (unpaired) electrons. The van der Waals surface area contributed by atoms with Crippen molar-refractivity contribution in [2.45, 2.75) is 96.8 Å². The number of benzene rings is 1. The molecule has 0 spiro atoms. The van der Waals surface area contributed by atoms with Gasteiger partial charge in [0.15, 0.2) is 0 Å². The van der Waals surface area contributed by atoms with Crippen LogP contribution in [-0.4, -0.2) is 29.8 Å². The van der Waals surface area contributed by atoms with Crippen molar-refractivity contribution < 1.29 is 24.2 Å². The Balaban J connectivity index is -0.000000845. The second kappa shape index (κ2) is 15.0. The number of aliphatic hydroxyl groups excluding tert-OH is 1. The third kappa shape index (κ3) is 10.8. The highest BCUT2D eigenvalue weighted by atomic mass is 16.5. The quantitative estimate of drug-likeness (QED) is 0.465. The first kappa shape index (κ1) is 35.6. The summed E-state index contributed by atoms with van der Waals surface area (Å²) >= 11 is 0. The first-order valence-electron chi connectivity index (χ1n) is 9.08. The van der Waals surface area contributed by atoms with E-state index in [0.717, 1.165) is 11.1 Å². The molecule has 0 amide bonds. The molecule has 0 aromatic heterocycles. The number of hydrogen-bond donors (Lipinski definition) is 1. The lowest BCUT2D eigenvalue weighted by Gasteiger charge is -2.33. The van der Waals surface area contributed by atoms with Gasteiger partial charge in [-0.3, -0.25) is 9.59 Å². The van der Waals surface area contributed by atoms with Gasteiger partial charge in [0, 0.05) is 0 Å². The summed E-state index contributed by atoms with van der Waals surface area (Å²) in [6, 6.07) is 7.80. The van der Waals surface area contributed by atoms with Gasteiger partial charge in [-0.2, -0.15) is 0 Å². The maximum Gasteiger partial charge on any atom is 0.311 e. The van der Waals surface area contributed by atoms with Crippen molar-refractivity contribution in [3.8, 4) is 0 Å². The van der Waals surface area contributed by atoms with Gasteiger partial charge in [-0.15, -0.1) is 0 Å². The van der Waals surface area contributed by atoms with Crippen molar-refractivity contribution in [3.05, 3.63) is 35.4 Å². The molecule has 0 bridgehead atoms. The normalized spacial score (nSPS) is 13.0. The van der Waals surface area contributed by atoms with Crippen LogP contribution in [0.2, 0.25) is 0 Å². The average molecular weight is 429 g/mol. The second-order valence-electron chi connectivity index (χ2n) is 7.99. The van der Waals surface area contributed by atoms with E-state index in [1.165, 1.54) is 0 Å². The number of carbonyl (C=O) groups excluding carboxylic acids is 2. The number of aliphatic hydroxyl groups is 1. The number of rotatable bonds is 9. The van der Waals surface area contributed by atoms with Crippen molar-refractivity contribution >= 4 is 11.9 Å². The van der Waals surface area contributed by atoms with Crippen LogP contribution in [0.3, 0.4) is 0 Å². The van der Waals surface area contributed by atoms with Crippen LogP contribution < -0.4 is 0 Å². The number of aryl methyl sites for hydroxylation is 1. The van der Waals surface area contributed by atoms with Gasteiger partial charge >= 0.3 is 11.9 Å². The zero-order valence-corrected chi connectivity index (χ0v) is 16.8. The van der Waals surface area contributed by atoms with Gasteiger partial charge in [0.2, 0.25) is 0 Å². The molecule has 0 aliphatic heterocycles. The molecule has 5 nitrogen and oxygen atoms in total. The second-order valence-corrected chi connectivity index (χ2v) is 7.99. The minimum Gasteiger partial charge on any atom is -0.463 e. The molecule has 2 unspecified atom stereocenters. The van der Waals surface area contributed by atoms with Crippen LogP contribution in [-0.2, 0) is 25.7 Å². The van der Waals surface area contributed by atoms with Crippen molar-refractivity contribution in [1.29, 1.82) is 0 Å². The van der Waals surface area contributed by atoms with Crippen molar-refractivity contribution in [3.63, 3.8) is 0 Å². The largest absolute Gasteiger partial charge is 0.463 e. The SMILES string of the molecule is C.C.C.C.CCC(C)(CC(C)(C)C(=O)OCc1cccc(C)c1)C(=O)OCC(C)O. The van der Waals surface area contributed by atoms with E-state index in [4.69, 9.17) is 9.47 Å². The highest BCUT2D eigenvalue weighted by Gasteiger charge is 2.43. The molecule has 5 heteroatoms. The molecule has 0 aliphatic rings. The Morgan fingerprint density at radius 2 is 1.60 bits per heavy atom. The molecule has 0 saturated carbocycles. The summed E-state index contributed by atoms with van der Waals surface area (Å²) in [5, 5.41) is 9.31. The predicted molar refractivity (Wildman–Crippen MR) is 127 cm³/mol. The Morgan fingerprint density at radius 1 is 1.03 bits per heavy atom. The maximum atomic E-state index is 12.6. The first-order chi connectivity index (χ1) is 12.0. The fourth-order valence-corrected chi connectivity index (χ4v) is 2.91. The van der Waals surface area contributed by atoms with Crippen LogP contribution in [0, 0.1) is 17.8 Å². The molecule has 1 aromatic rings. The summed E-state index contributed by atoms with van der Waals surface area (Å²) in [5.74, 6) is -0.748. The fourth-order valence-electron chi connectivity index (χ4n) is 2.91. The zero-order chi connectivity index (χ0) is 20.0. The molecular formula is C25H48O5. The summed E-state index contributed by atoms with van der Waals surface area (Å²) in [4.78, 5) is 25.0. The Morgan fingerprint density at radius 3 is 2.07 bits per heavy atom. The summed E-state index contributed by atoms with van der Waals surface area (Å²) in [7, 11) is 0. The predicted octanol–water partition coefficient (Wildman–Crippen LogP) is 6.34. The molecular weight excluding hydrogens is 380 g/mol. The van der Waals surface area contributed by atoms with E-state index in [1.807, 2.05) is 38.1 Å². The topological polar surface area (TPSA) is 72.8 Å². The van der Waals surface area contributed by atoms with E-state index in [2.05, 4.69) is 0 Å². The molecule has 30 heavy (non-hydrogen) atoms. The number of esters is 2. The van der Waals surface area contributed by atoms with E-state index in [0.29, 0.717) is 12.8 Å². The molecule has 0 aliphatic carbocycles. The van der Waals surface area contributed by atoms with Crippen molar-refractivity contribution in [2.75, 3.05) is 6.61 Å². The summed E-state index contributed by atoms with van der Waals surface area (Å²) in [5.41, 5.74) is 0.389. The molecule has 1 N–H and O–H groups in total. The lowest BCUT2D eigenvalue weighted by molar-refractivity contribution is -0.165. The van der Waals surface area contributed by atoms with Gasteiger partial charge in [-0.25, -0.2) is 0 Å². The summed E-state index contributed by atoms with van der Waals surface area (Å²) in [6.45, 7) is 10.9.